The van der Waals surface area contributed by atoms with Crippen molar-refractivity contribution in [2.24, 2.45) is 5.41 Å². The van der Waals surface area contributed by atoms with Crippen molar-refractivity contribution in [3.63, 3.8) is 0 Å². The number of hydrogen-bond acceptors (Lipinski definition) is 5. The molecule has 2 N–H and O–H groups in total. The van der Waals surface area contributed by atoms with Gasteiger partial charge in [-0.3, -0.25) is 9.78 Å². The third kappa shape index (κ3) is 4.74. The molecule has 3 aliphatic rings. The Morgan fingerprint density at radius 1 is 1.12 bits per heavy atom. The Morgan fingerprint density at radius 2 is 1.94 bits per heavy atom. The topological polar surface area (TPSA) is 89.0 Å². The van der Waals surface area contributed by atoms with E-state index in [-0.39, 0.29) is 23.5 Å². The number of rotatable bonds is 6. The first-order chi connectivity index (χ1) is 16.4. The van der Waals surface area contributed by atoms with Crippen molar-refractivity contribution in [1.82, 2.24) is 19.7 Å². The molecule has 1 aromatic heterocycles. The van der Waals surface area contributed by atoms with Gasteiger partial charge in [0.05, 0.1) is 6.10 Å². The second kappa shape index (κ2) is 9.50. The number of carbonyl (C=O) groups excluding carboxylic acids is 2. The first-order valence-electron chi connectivity index (χ1n) is 12.6. The minimum absolute atomic E-state index is 0.00758. The molecule has 1 saturated carbocycles. The lowest BCUT2D eigenvalue weighted by Crippen LogP contribution is -2.58. The number of piperazine rings is 1. The number of nitrogens with one attached hydrogen (secondary N) is 1. The molecule has 0 radical (unpaired) electrons. The first kappa shape index (κ1) is 23.1. The van der Waals surface area contributed by atoms with Gasteiger partial charge in [0.25, 0.3) is 0 Å². The Morgan fingerprint density at radius 3 is 2.74 bits per heavy atom. The van der Waals surface area contributed by atoms with Crippen LogP contribution in [0.2, 0.25) is 0 Å². The van der Waals surface area contributed by atoms with E-state index in [1.807, 2.05) is 29.2 Å². The number of benzene rings is 1. The molecule has 3 fully saturated rings. The maximum atomic E-state index is 12.9. The van der Waals surface area contributed by atoms with Gasteiger partial charge < -0.3 is 25.1 Å². The highest BCUT2D eigenvalue weighted by Gasteiger charge is 2.51. The summed E-state index contributed by atoms with van der Waals surface area (Å²) in [6.07, 6.45) is 8.78. The highest BCUT2D eigenvalue weighted by Crippen LogP contribution is 2.53. The molecule has 2 aromatic rings. The van der Waals surface area contributed by atoms with Gasteiger partial charge in [0.1, 0.15) is 6.04 Å². The van der Waals surface area contributed by atoms with Gasteiger partial charge in [-0.2, -0.15) is 0 Å². The van der Waals surface area contributed by atoms with Crippen LogP contribution in [0, 0.1) is 5.41 Å². The van der Waals surface area contributed by atoms with Crippen LogP contribution in [0.3, 0.4) is 0 Å². The number of unbranched alkanes of at least 4 members (excludes halogenated alkanes) is 1. The van der Waals surface area contributed by atoms with Gasteiger partial charge in [0, 0.05) is 49.6 Å². The summed E-state index contributed by atoms with van der Waals surface area (Å²) in [4.78, 5) is 35.8. The third-order valence-electron chi connectivity index (χ3n) is 8.01. The number of anilines is 1. The number of piperidine rings is 1. The van der Waals surface area contributed by atoms with Crippen molar-refractivity contribution in [2.45, 2.75) is 51.2 Å². The maximum absolute atomic E-state index is 12.9. The van der Waals surface area contributed by atoms with Gasteiger partial charge in [0.2, 0.25) is 5.91 Å². The summed E-state index contributed by atoms with van der Waals surface area (Å²) < 4.78 is 0. The number of nitrogens with zero attached hydrogens (tertiary/aromatic N) is 4. The fraction of sp³-hybridized carbons (Fsp3) is 0.577. The van der Waals surface area contributed by atoms with E-state index in [0.717, 1.165) is 56.2 Å². The molecule has 2 unspecified atom stereocenters. The summed E-state index contributed by atoms with van der Waals surface area (Å²) in [5.74, 6) is 0.00758. The van der Waals surface area contributed by atoms with Gasteiger partial charge >= 0.3 is 6.03 Å². The van der Waals surface area contributed by atoms with E-state index in [1.54, 1.807) is 24.2 Å². The van der Waals surface area contributed by atoms with Crippen LogP contribution in [-0.4, -0.2) is 88.1 Å². The number of likely N-dealkylation sites (tertiary alicyclic amines) is 1. The van der Waals surface area contributed by atoms with Crippen LogP contribution in [-0.2, 0) is 4.79 Å². The summed E-state index contributed by atoms with van der Waals surface area (Å²) in [5, 5.41) is 15.3. The Balaban J connectivity index is 1.07. The Hall–Kier alpha value is -2.71. The fourth-order valence-electron chi connectivity index (χ4n) is 5.45. The highest BCUT2D eigenvalue weighted by molar-refractivity contribution is 5.96. The quantitative estimate of drug-likeness (QED) is 0.641. The number of carbonyl (C=O) groups is 2. The number of urea groups is 1. The lowest BCUT2D eigenvalue weighted by Gasteiger charge is -2.39. The minimum atomic E-state index is -0.483. The largest absolute Gasteiger partial charge is 0.391 e. The molecule has 5 rings (SSSR count). The molecule has 2 atom stereocenters. The standard InChI is InChI=1S/C26H35N5O3/c1-19-24(33)30(12-3-2-11-29-13-9-26(7-8-26)23(32)18-29)14-15-31(19)25(34)28-22-5-4-20-6-10-27-17-21(20)16-22/h4-6,10,16-17,19,23,32H,2-3,7-9,11-15,18H2,1H3,(H,28,34). The van der Waals surface area contributed by atoms with Crippen LogP contribution in [0.1, 0.15) is 39.0 Å². The third-order valence-corrected chi connectivity index (χ3v) is 8.01. The number of amides is 3. The van der Waals surface area contributed by atoms with Crippen LogP contribution in [0.15, 0.2) is 36.7 Å². The van der Waals surface area contributed by atoms with E-state index in [9.17, 15) is 14.7 Å². The highest BCUT2D eigenvalue weighted by atomic mass is 16.3. The summed E-state index contributed by atoms with van der Waals surface area (Å²) in [6, 6.07) is 6.92. The van der Waals surface area contributed by atoms with Crippen molar-refractivity contribution in [1.29, 1.82) is 0 Å². The molecule has 1 spiro atoms. The van der Waals surface area contributed by atoms with E-state index < -0.39 is 6.04 Å². The molecule has 8 nitrogen and oxygen atoms in total. The van der Waals surface area contributed by atoms with Crippen molar-refractivity contribution < 1.29 is 14.7 Å². The molecule has 0 bridgehead atoms. The van der Waals surface area contributed by atoms with Crippen LogP contribution in [0.25, 0.3) is 10.8 Å². The smallest absolute Gasteiger partial charge is 0.322 e. The lowest BCUT2D eigenvalue weighted by molar-refractivity contribution is -0.139. The zero-order valence-corrected chi connectivity index (χ0v) is 19.9. The van der Waals surface area contributed by atoms with Gasteiger partial charge in [-0.1, -0.05) is 6.07 Å². The zero-order valence-electron chi connectivity index (χ0n) is 19.9. The number of aliphatic hydroxyl groups is 1. The second-order valence-electron chi connectivity index (χ2n) is 10.2. The predicted octanol–water partition coefficient (Wildman–Crippen LogP) is 2.93. The molecule has 182 valence electrons. The molecular formula is C26H35N5O3. The Labute approximate surface area is 200 Å². The normalized spacial score (nSPS) is 24.6. The SMILES string of the molecule is CC1C(=O)N(CCCCN2CCC3(CC3)C(O)C2)CCN1C(=O)Nc1ccc2ccncc2c1. The van der Waals surface area contributed by atoms with E-state index in [2.05, 4.69) is 15.2 Å². The number of fused-ring (bicyclic) bond motifs is 1. The van der Waals surface area contributed by atoms with Crippen molar-refractivity contribution >= 4 is 28.4 Å². The molecule has 34 heavy (non-hydrogen) atoms. The first-order valence-corrected chi connectivity index (χ1v) is 12.6. The molecule has 2 aliphatic heterocycles. The van der Waals surface area contributed by atoms with Crippen molar-refractivity contribution in [3.8, 4) is 0 Å². The Kier molecular flexibility index (Phi) is 6.44. The van der Waals surface area contributed by atoms with Crippen LogP contribution >= 0.6 is 0 Å². The summed E-state index contributed by atoms with van der Waals surface area (Å²) in [6.45, 7) is 6.45. The molecular weight excluding hydrogens is 430 g/mol. The predicted molar refractivity (Wildman–Crippen MR) is 131 cm³/mol. The number of aromatic nitrogens is 1. The van der Waals surface area contributed by atoms with Crippen LogP contribution in [0.5, 0.6) is 0 Å². The van der Waals surface area contributed by atoms with Crippen molar-refractivity contribution in [2.75, 3.05) is 44.6 Å². The fourth-order valence-corrected chi connectivity index (χ4v) is 5.45. The average molecular weight is 466 g/mol. The molecule has 3 amide bonds. The summed E-state index contributed by atoms with van der Waals surface area (Å²) in [7, 11) is 0. The number of β-amino-alcohol motifs (C(OH)–C–C–N with tert-alkyl or cyclic N) is 1. The van der Waals surface area contributed by atoms with Crippen LogP contribution < -0.4 is 5.32 Å². The maximum Gasteiger partial charge on any atom is 0.322 e. The number of hydrogen-bond donors (Lipinski definition) is 2. The number of aliphatic hydroxyl groups excluding tert-OH is 1. The van der Waals surface area contributed by atoms with Crippen LogP contribution in [0.4, 0.5) is 10.5 Å². The monoisotopic (exact) mass is 465 g/mol. The minimum Gasteiger partial charge on any atom is -0.391 e. The van der Waals surface area contributed by atoms with Gasteiger partial charge in [-0.25, -0.2) is 4.79 Å². The average Bonchev–Trinajstić information content (AvgIpc) is 3.62. The molecule has 2 saturated heterocycles. The molecule has 1 aromatic carbocycles. The zero-order chi connectivity index (χ0) is 23.7. The van der Waals surface area contributed by atoms with E-state index in [0.29, 0.717) is 18.8 Å². The van der Waals surface area contributed by atoms with Gasteiger partial charge in [-0.05, 0) is 81.1 Å². The second-order valence-corrected chi connectivity index (χ2v) is 10.2. The summed E-state index contributed by atoms with van der Waals surface area (Å²) >= 11 is 0. The van der Waals surface area contributed by atoms with Crippen molar-refractivity contribution in [3.05, 3.63) is 36.7 Å². The molecule has 3 heterocycles. The van der Waals surface area contributed by atoms with E-state index in [4.69, 9.17) is 0 Å². The van der Waals surface area contributed by atoms with E-state index >= 15 is 0 Å². The molecule has 1 aliphatic carbocycles. The van der Waals surface area contributed by atoms with E-state index in [1.165, 1.54) is 12.8 Å². The molecule has 8 heteroatoms. The lowest BCUT2D eigenvalue weighted by atomic mass is 9.90. The van der Waals surface area contributed by atoms with Gasteiger partial charge in [0.15, 0.2) is 0 Å². The summed E-state index contributed by atoms with van der Waals surface area (Å²) in [5.41, 5.74) is 0.944. The number of pyridine rings is 1. The van der Waals surface area contributed by atoms with Gasteiger partial charge in [-0.15, -0.1) is 0 Å². The Bertz CT molecular complexity index is 1060.